The number of imide groups is 1. The summed E-state index contributed by atoms with van der Waals surface area (Å²) in [7, 11) is 1.43. The first-order chi connectivity index (χ1) is 10.5. The summed E-state index contributed by atoms with van der Waals surface area (Å²) in [6, 6.07) is 0. The predicted octanol–water partition coefficient (Wildman–Crippen LogP) is 1.15. The van der Waals surface area contributed by atoms with E-state index in [1.165, 1.54) is 7.11 Å². The lowest BCUT2D eigenvalue weighted by Crippen LogP contribution is -2.51. The lowest BCUT2D eigenvalue weighted by Gasteiger charge is -2.22. The number of hydrogen-bond donors (Lipinski definition) is 0. The fraction of sp³-hybridized carbons (Fsp3) is 0.818. The van der Waals surface area contributed by atoms with Gasteiger partial charge in [0.25, 0.3) is 0 Å². The first kappa shape index (κ1) is 21.6. The van der Waals surface area contributed by atoms with Crippen molar-refractivity contribution in [3.05, 3.63) is 0 Å². The monoisotopic (exact) mass is 355 g/mol. The minimum atomic E-state index is -5.61. The highest BCUT2D eigenvalue weighted by atomic mass is 19.4. The second kappa shape index (κ2) is 9.67. The van der Waals surface area contributed by atoms with Gasteiger partial charge in [0.05, 0.1) is 39.6 Å². The minimum Gasteiger partial charge on any atom is -0.382 e. The number of rotatable bonds is 9. The number of nitrogens with zero attached hydrogens (tertiary/aromatic N) is 1. The summed E-state index contributed by atoms with van der Waals surface area (Å²) in [5.41, 5.74) is 0. The average molecular weight is 355 g/mol. The summed E-state index contributed by atoms with van der Waals surface area (Å²) in [6.07, 6.45) is -11.2. The van der Waals surface area contributed by atoms with Gasteiger partial charge in [-0.3, -0.25) is 14.5 Å². The number of carbonyl (C=O) groups is 2. The van der Waals surface area contributed by atoms with E-state index < -0.39 is 42.2 Å². The highest BCUT2D eigenvalue weighted by Gasteiger charge is 2.51. The Kier molecular flexibility index (Phi) is 9.09. The van der Waals surface area contributed by atoms with Crippen LogP contribution < -0.4 is 0 Å². The van der Waals surface area contributed by atoms with Crippen LogP contribution in [0.4, 0.5) is 26.3 Å². The second-order valence-corrected chi connectivity index (χ2v) is 3.98. The molecule has 0 heterocycles. The minimum absolute atomic E-state index is 0.0177. The first-order valence-electron chi connectivity index (χ1n) is 6.16. The normalized spacial score (nSPS) is 12.3. The van der Waals surface area contributed by atoms with E-state index in [1.54, 1.807) is 0 Å². The van der Waals surface area contributed by atoms with Crippen molar-refractivity contribution in [1.82, 2.24) is 4.90 Å². The summed E-state index contributed by atoms with van der Waals surface area (Å²) in [6.45, 7) is -1.48. The van der Waals surface area contributed by atoms with Crippen molar-refractivity contribution in [2.75, 3.05) is 46.7 Å². The molecule has 0 radical (unpaired) electrons. The van der Waals surface area contributed by atoms with Gasteiger partial charge in [-0.05, 0) is 0 Å². The lowest BCUT2D eigenvalue weighted by molar-refractivity contribution is -0.204. The molecule has 0 aliphatic rings. The fourth-order valence-corrected chi connectivity index (χ4v) is 1.22. The van der Waals surface area contributed by atoms with Crippen LogP contribution in [0.2, 0.25) is 0 Å². The number of alkyl halides is 6. The molecule has 0 fully saturated rings. The van der Waals surface area contributed by atoms with E-state index in [9.17, 15) is 35.9 Å². The van der Waals surface area contributed by atoms with Crippen LogP contribution in [0.5, 0.6) is 0 Å². The Morgan fingerprint density at radius 2 is 1.17 bits per heavy atom. The van der Waals surface area contributed by atoms with Crippen molar-refractivity contribution < 1.29 is 50.1 Å². The summed E-state index contributed by atoms with van der Waals surface area (Å²) < 4.78 is 87.6. The highest BCUT2D eigenvalue weighted by Crippen LogP contribution is 2.24. The van der Waals surface area contributed by atoms with Crippen molar-refractivity contribution in [3.63, 3.8) is 0 Å². The Bertz CT molecular complexity index is 358. The molecular formula is C11H15F6NO5. The molecule has 0 aromatic heterocycles. The number of hydrogen-bond acceptors (Lipinski definition) is 5. The maximum absolute atomic E-state index is 12.2. The standard InChI is InChI=1S/C11H15F6NO5/c1-21-4-5-23-7-6-22-3-2-18(8(19)10(12,13)14)9(20)11(15,16)17/h2-7H2,1H3. The molecule has 0 aliphatic carbocycles. The Labute approximate surface area is 127 Å². The molecule has 0 aromatic rings. The molecule has 0 bridgehead atoms. The largest absolute Gasteiger partial charge is 0.471 e. The van der Waals surface area contributed by atoms with Gasteiger partial charge < -0.3 is 14.2 Å². The summed E-state index contributed by atoms with van der Waals surface area (Å²) in [5, 5.41) is 0. The molecule has 0 aromatic carbocycles. The van der Waals surface area contributed by atoms with E-state index >= 15 is 0 Å². The lowest BCUT2D eigenvalue weighted by atomic mass is 10.4. The molecule has 0 unspecified atom stereocenters. The van der Waals surface area contributed by atoms with Gasteiger partial charge >= 0.3 is 24.2 Å². The number of carbonyl (C=O) groups excluding carboxylic acids is 2. The van der Waals surface area contributed by atoms with E-state index in [4.69, 9.17) is 9.47 Å². The summed E-state index contributed by atoms with van der Waals surface area (Å²) in [5.74, 6) is -5.81. The van der Waals surface area contributed by atoms with Crippen molar-refractivity contribution in [2.45, 2.75) is 12.4 Å². The molecule has 0 atom stereocenters. The van der Waals surface area contributed by atoms with Crippen molar-refractivity contribution in [2.24, 2.45) is 0 Å². The molecule has 0 N–H and O–H groups in total. The van der Waals surface area contributed by atoms with E-state index in [2.05, 4.69) is 4.74 Å². The Balaban J connectivity index is 4.40. The van der Waals surface area contributed by atoms with Gasteiger partial charge in [0.15, 0.2) is 0 Å². The van der Waals surface area contributed by atoms with Gasteiger partial charge in [-0.2, -0.15) is 26.3 Å². The number of ether oxygens (including phenoxy) is 3. The van der Waals surface area contributed by atoms with E-state index in [1.807, 2.05) is 0 Å². The zero-order valence-corrected chi connectivity index (χ0v) is 12.0. The zero-order valence-electron chi connectivity index (χ0n) is 12.0. The van der Waals surface area contributed by atoms with Gasteiger partial charge in [-0.1, -0.05) is 0 Å². The number of methoxy groups -OCH3 is 1. The maximum Gasteiger partial charge on any atom is 0.471 e. The molecular weight excluding hydrogens is 340 g/mol. The van der Waals surface area contributed by atoms with Crippen LogP contribution >= 0.6 is 0 Å². The van der Waals surface area contributed by atoms with Crippen LogP contribution in [-0.4, -0.2) is 75.8 Å². The quantitative estimate of drug-likeness (QED) is 0.459. The molecule has 136 valence electrons. The van der Waals surface area contributed by atoms with E-state index in [-0.39, 0.29) is 19.8 Å². The predicted molar refractivity (Wildman–Crippen MR) is 62.3 cm³/mol. The zero-order chi connectivity index (χ0) is 18.1. The molecule has 23 heavy (non-hydrogen) atoms. The van der Waals surface area contributed by atoms with E-state index in [0.717, 1.165) is 0 Å². The third-order valence-electron chi connectivity index (χ3n) is 2.24. The van der Waals surface area contributed by atoms with Crippen LogP contribution in [-0.2, 0) is 23.8 Å². The molecule has 6 nitrogen and oxygen atoms in total. The molecule has 0 saturated heterocycles. The number of amides is 2. The van der Waals surface area contributed by atoms with Crippen LogP contribution in [0.1, 0.15) is 0 Å². The Hall–Kier alpha value is -1.40. The molecule has 2 amide bonds. The second-order valence-electron chi connectivity index (χ2n) is 3.98. The van der Waals surface area contributed by atoms with Crippen molar-refractivity contribution >= 4 is 11.8 Å². The smallest absolute Gasteiger partial charge is 0.382 e. The molecule has 12 heteroatoms. The van der Waals surface area contributed by atoms with E-state index in [0.29, 0.717) is 6.61 Å². The average Bonchev–Trinajstić information content (AvgIpc) is 2.42. The van der Waals surface area contributed by atoms with Crippen LogP contribution in [0.3, 0.4) is 0 Å². The van der Waals surface area contributed by atoms with Crippen molar-refractivity contribution in [1.29, 1.82) is 0 Å². The SMILES string of the molecule is COCCOCCOCCN(C(=O)C(F)(F)F)C(=O)C(F)(F)F. The van der Waals surface area contributed by atoms with Crippen LogP contribution in [0.25, 0.3) is 0 Å². The van der Waals surface area contributed by atoms with Crippen molar-refractivity contribution in [3.8, 4) is 0 Å². The third-order valence-corrected chi connectivity index (χ3v) is 2.24. The fourth-order valence-electron chi connectivity index (χ4n) is 1.22. The van der Waals surface area contributed by atoms with Gasteiger partial charge in [0, 0.05) is 7.11 Å². The van der Waals surface area contributed by atoms with Gasteiger partial charge in [-0.15, -0.1) is 0 Å². The summed E-state index contributed by atoms with van der Waals surface area (Å²) >= 11 is 0. The Morgan fingerprint density at radius 3 is 1.57 bits per heavy atom. The first-order valence-corrected chi connectivity index (χ1v) is 6.16. The number of halogens is 6. The van der Waals surface area contributed by atoms with Crippen LogP contribution in [0, 0.1) is 0 Å². The van der Waals surface area contributed by atoms with Gasteiger partial charge in [0.2, 0.25) is 0 Å². The topological polar surface area (TPSA) is 65.1 Å². The third kappa shape index (κ3) is 8.71. The highest BCUT2D eigenvalue weighted by molar-refractivity contribution is 6.00. The summed E-state index contributed by atoms with van der Waals surface area (Å²) in [4.78, 5) is 20.8. The van der Waals surface area contributed by atoms with Gasteiger partial charge in [-0.25, -0.2) is 0 Å². The molecule has 0 spiro atoms. The molecule has 0 aliphatic heterocycles. The van der Waals surface area contributed by atoms with Crippen LogP contribution in [0.15, 0.2) is 0 Å². The van der Waals surface area contributed by atoms with Gasteiger partial charge in [0.1, 0.15) is 0 Å². The molecule has 0 saturated carbocycles. The maximum atomic E-state index is 12.2. The Morgan fingerprint density at radius 1 is 0.783 bits per heavy atom. The molecule has 0 rings (SSSR count).